The number of pyridine rings is 1. The number of ether oxygens (including phenoxy) is 1. The predicted octanol–water partition coefficient (Wildman–Crippen LogP) is 5.35. The summed E-state index contributed by atoms with van der Waals surface area (Å²) in [5.74, 6) is -1.78. The van der Waals surface area contributed by atoms with E-state index in [0.29, 0.717) is 18.8 Å². The molecule has 1 aliphatic heterocycles. The lowest BCUT2D eigenvalue weighted by Gasteiger charge is -2.45. The Bertz CT molecular complexity index is 1560. The van der Waals surface area contributed by atoms with E-state index in [1.165, 1.54) is 10.9 Å². The minimum absolute atomic E-state index is 0.00737. The second-order valence-corrected chi connectivity index (χ2v) is 11.2. The fraction of sp³-hybridized carbons (Fsp3) is 0.429. The number of benzene rings is 1. The molecular formula is C28H31F3N8O3. The lowest BCUT2D eigenvalue weighted by molar-refractivity contribution is 0.00565. The van der Waals surface area contributed by atoms with Crippen LogP contribution >= 0.6 is 0 Å². The molecule has 14 heteroatoms. The third-order valence-electron chi connectivity index (χ3n) is 6.67. The number of anilines is 1. The number of hydrogen-bond donors (Lipinski definition) is 0. The van der Waals surface area contributed by atoms with Crippen molar-refractivity contribution in [3.05, 3.63) is 60.1 Å². The fourth-order valence-corrected chi connectivity index (χ4v) is 4.87. The first-order chi connectivity index (χ1) is 19.9. The van der Waals surface area contributed by atoms with Crippen molar-refractivity contribution in [3.8, 4) is 22.7 Å². The summed E-state index contributed by atoms with van der Waals surface area (Å²) in [7, 11) is 0. The molecule has 0 unspecified atom stereocenters. The van der Waals surface area contributed by atoms with Gasteiger partial charge in [0.05, 0.1) is 36.1 Å². The molecule has 0 spiro atoms. The number of carbonyl (C=O) groups excluding carboxylic acids is 1. The number of piperazine rings is 1. The van der Waals surface area contributed by atoms with Gasteiger partial charge in [0.1, 0.15) is 17.1 Å². The van der Waals surface area contributed by atoms with Crippen molar-refractivity contribution < 1.29 is 27.1 Å². The molecule has 4 aromatic rings. The zero-order valence-electron chi connectivity index (χ0n) is 23.8. The van der Waals surface area contributed by atoms with Gasteiger partial charge in [-0.3, -0.25) is 9.88 Å². The summed E-state index contributed by atoms with van der Waals surface area (Å²) in [4.78, 5) is 20.9. The number of rotatable bonds is 6. The van der Waals surface area contributed by atoms with Crippen molar-refractivity contribution in [1.82, 2.24) is 35.1 Å². The summed E-state index contributed by atoms with van der Waals surface area (Å²) >= 11 is 0. The van der Waals surface area contributed by atoms with Crippen LogP contribution in [-0.2, 0) is 11.3 Å². The maximum atomic E-state index is 14.8. The van der Waals surface area contributed by atoms with Crippen LogP contribution in [-0.4, -0.2) is 71.9 Å². The first kappa shape index (κ1) is 29.0. The van der Waals surface area contributed by atoms with Crippen molar-refractivity contribution in [1.29, 1.82) is 0 Å². The molecule has 4 heterocycles. The molecule has 11 nitrogen and oxygen atoms in total. The van der Waals surface area contributed by atoms with Crippen molar-refractivity contribution in [2.24, 2.45) is 0 Å². The van der Waals surface area contributed by atoms with Crippen LogP contribution in [0.2, 0.25) is 0 Å². The van der Waals surface area contributed by atoms with Crippen LogP contribution in [0, 0.1) is 5.82 Å². The molecule has 0 bridgehead atoms. The second kappa shape index (κ2) is 11.4. The first-order valence-corrected chi connectivity index (χ1v) is 13.4. The molecule has 222 valence electrons. The van der Waals surface area contributed by atoms with Gasteiger partial charge < -0.3 is 14.1 Å². The van der Waals surface area contributed by atoms with Gasteiger partial charge in [0, 0.05) is 30.5 Å². The van der Waals surface area contributed by atoms with Crippen LogP contribution in [0.4, 0.5) is 23.7 Å². The van der Waals surface area contributed by atoms with E-state index >= 15 is 0 Å². The van der Waals surface area contributed by atoms with Crippen molar-refractivity contribution in [2.75, 3.05) is 18.0 Å². The molecule has 1 aliphatic rings. The zero-order valence-corrected chi connectivity index (χ0v) is 23.8. The van der Waals surface area contributed by atoms with E-state index in [0.717, 1.165) is 17.3 Å². The Kier molecular flexibility index (Phi) is 7.89. The highest BCUT2D eigenvalue weighted by molar-refractivity contribution is 5.70. The van der Waals surface area contributed by atoms with Crippen molar-refractivity contribution >= 4 is 11.8 Å². The molecule has 0 saturated carbocycles. The standard InChI is InChI=1S/C28H31F3N8O3/c1-16-12-37(13-17(2)39(16)27(40)42-28(3,4)5)20-8-6-7-18(9-20)22-14-38(36-33-22)15-23-21(29)10-19(11-32-23)25-34-35-26(41-25)24(30)31/h6-11,14,16-17,24H,12-13,15H2,1-5H3/t16-,17+. The van der Waals surface area contributed by atoms with Crippen LogP contribution in [0.15, 0.2) is 47.1 Å². The molecule has 5 rings (SSSR count). The Morgan fingerprint density at radius 1 is 1.10 bits per heavy atom. The highest BCUT2D eigenvalue weighted by Crippen LogP contribution is 2.28. The van der Waals surface area contributed by atoms with Crippen LogP contribution < -0.4 is 4.90 Å². The predicted molar refractivity (Wildman–Crippen MR) is 146 cm³/mol. The molecular weight excluding hydrogens is 553 g/mol. The van der Waals surface area contributed by atoms with E-state index in [9.17, 15) is 18.0 Å². The summed E-state index contributed by atoms with van der Waals surface area (Å²) in [5.41, 5.74) is 1.98. The van der Waals surface area contributed by atoms with Gasteiger partial charge in [-0.25, -0.2) is 13.9 Å². The van der Waals surface area contributed by atoms with Crippen LogP contribution in [0.25, 0.3) is 22.7 Å². The molecule has 1 saturated heterocycles. The van der Waals surface area contributed by atoms with E-state index in [4.69, 9.17) is 9.15 Å². The normalized spacial score (nSPS) is 17.6. The Labute approximate surface area is 240 Å². The number of carbonyl (C=O) groups is 1. The number of nitrogens with zero attached hydrogens (tertiary/aromatic N) is 8. The number of hydrogen-bond acceptors (Lipinski definition) is 9. The quantitative estimate of drug-likeness (QED) is 0.296. The van der Waals surface area contributed by atoms with Gasteiger partial charge in [0.2, 0.25) is 5.89 Å². The number of halogens is 3. The lowest BCUT2D eigenvalue weighted by atomic mass is 10.1. The molecule has 0 N–H and O–H groups in total. The average molecular weight is 585 g/mol. The minimum atomic E-state index is -2.92. The van der Waals surface area contributed by atoms with Gasteiger partial charge in [-0.1, -0.05) is 17.3 Å². The largest absolute Gasteiger partial charge is 0.444 e. The Morgan fingerprint density at radius 2 is 1.83 bits per heavy atom. The maximum Gasteiger partial charge on any atom is 0.410 e. The SMILES string of the molecule is C[C@@H]1CN(c2cccc(-c3cn(Cc4ncc(-c5nnc(C(F)F)o5)cc4F)nn3)c2)C[C@H](C)N1C(=O)OC(C)(C)C. The zero-order chi connectivity index (χ0) is 30.2. The molecule has 42 heavy (non-hydrogen) atoms. The highest BCUT2D eigenvalue weighted by atomic mass is 19.3. The average Bonchev–Trinajstić information content (AvgIpc) is 3.59. The molecule has 0 radical (unpaired) electrons. The smallest absolute Gasteiger partial charge is 0.410 e. The summed E-state index contributed by atoms with van der Waals surface area (Å²) in [6.45, 7) is 10.8. The second-order valence-electron chi connectivity index (χ2n) is 11.2. The molecule has 3 aromatic heterocycles. The highest BCUT2D eigenvalue weighted by Gasteiger charge is 2.35. The molecule has 0 aliphatic carbocycles. The van der Waals surface area contributed by atoms with Crippen LogP contribution in [0.5, 0.6) is 0 Å². The van der Waals surface area contributed by atoms with E-state index in [2.05, 4.69) is 30.4 Å². The summed E-state index contributed by atoms with van der Waals surface area (Å²) in [6.07, 6.45) is -0.282. The van der Waals surface area contributed by atoms with E-state index < -0.39 is 23.7 Å². The topological polar surface area (TPSA) is 115 Å². The van der Waals surface area contributed by atoms with Crippen LogP contribution in [0.3, 0.4) is 0 Å². The maximum absolute atomic E-state index is 14.8. The van der Waals surface area contributed by atoms with E-state index in [1.54, 1.807) is 11.1 Å². The monoisotopic (exact) mass is 584 g/mol. The number of alkyl halides is 2. The number of amides is 1. The summed E-state index contributed by atoms with van der Waals surface area (Å²) in [5, 5.41) is 15.1. The van der Waals surface area contributed by atoms with E-state index in [1.807, 2.05) is 58.9 Å². The molecule has 1 amide bonds. The summed E-state index contributed by atoms with van der Waals surface area (Å²) in [6, 6.07) is 8.81. The van der Waals surface area contributed by atoms with Gasteiger partial charge >= 0.3 is 12.5 Å². The first-order valence-electron chi connectivity index (χ1n) is 13.4. The Morgan fingerprint density at radius 3 is 2.48 bits per heavy atom. The fourth-order valence-electron chi connectivity index (χ4n) is 4.87. The van der Waals surface area contributed by atoms with Gasteiger partial charge in [0.15, 0.2) is 0 Å². The minimum Gasteiger partial charge on any atom is -0.444 e. The van der Waals surface area contributed by atoms with Crippen molar-refractivity contribution in [2.45, 2.75) is 65.3 Å². The molecule has 1 fully saturated rings. The Balaban J connectivity index is 1.27. The van der Waals surface area contributed by atoms with Crippen molar-refractivity contribution in [3.63, 3.8) is 0 Å². The third-order valence-corrected chi connectivity index (χ3v) is 6.67. The van der Waals surface area contributed by atoms with E-state index in [-0.39, 0.29) is 41.9 Å². The van der Waals surface area contributed by atoms with Crippen LogP contribution in [0.1, 0.15) is 52.6 Å². The van der Waals surface area contributed by atoms with Gasteiger partial charge in [-0.05, 0) is 52.8 Å². The number of aromatic nitrogens is 6. The van der Waals surface area contributed by atoms with Gasteiger partial charge in [-0.2, -0.15) is 8.78 Å². The molecule has 1 aromatic carbocycles. The molecule has 2 atom stereocenters. The van der Waals surface area contributed by atoms with Gasteiger partial charge in [-0.15, -0.1) is 15.3 Å². The van der Waals surface area contributed by atoms with Gasteiger partial charge in [0.25, 0.3) is 5.89 Å². The summed E-state index contributed by atoms with van der Waals surface area (Å²) < 4.78 is 52.2. The third kappa shape index (κ3) is 6.37. The Hall–Kier alpha value is -4.49. The lowest BCUT2D eigenvalue weighted by Crippen LogP contribution is -2.59.